The molecule has 0 amide bonds. The van der Waals surface area contributed by atoms with Gasteiger partial charge in [0.05, 0.1) is 17.9 Å². The molecule has 5 rings (SSSR count). The van der Waals surface area contributed by atoms with Crippen molar-refractivity contribution in [3.8, 4) is 10.7 Å². The van der Waals surface area contributed by atoms with Crippen molar-refractivity contribution in [1.29, 1.82) is 0 Å². The molecule has 0 spiro atoms. The molecule has 1 aliphatic carbocycles. The molecule has 1 aliphatic heterocycles. The molecular weight excluding hydrogens is 503 g/mol. The van der Waals surface area contributed by atoms with E-state index in [1.54, 1.807) is 10.5 Å². The van der Waals surface area contributed by atoms with Crippen LogP contribution in [0.3, 0.4) is 0 Å². The van der Waals surface area contributed by atoms with Gasteiger partial charge < -0.3 is 10.2 Å². The van der Waals surface area contributed by atoms with Crippen LogP contribution in [0.15, 0.2) is 23.4 Å². The highest BCUT2D eigenvalue weighted by Crippen LogP contribution is 2.38. The van der Waals surface area contributed by atoms with Crippen LogP contribution in [0.4, 0.5) is 18.9 Å². The summed E-state index contributed by atoms with van der Waals surface area (Å²) in [6, 6.07) is 0.950. The molecule has 1 saturated carbocycles. The molecule has 4 heterocycles. The quantitative estimate of drug-likeness (QED) is 0.485. The van der Waals surface area contributed by atoms with Crippen molar-refractivity contribution >= 4 is 32.7 Å². The monoisotopic (exact) mass is 529 g/mol. The topological polar surface area (TPSA) is 105 Å². The van der Waals surface area contributed by atoms with Crippen LogP contribution in [0.2, 0.25) is 0 Å². The lowest BCUT2D eigenvalue weighted by Crippen LogP contribution is -2.61. The Hall–Kier alpha value is -2.29. The number of hydrogen-bond acceptors (Lipinski definition) is 8. The molecule has 9 nitrogen and oxygen atoms in total. The van der Waals surface area contributed by atoms with Crippen molar-refractivity contribution in [1.82, 2.24) is 29.6 Å². The molecule has 0 unspecified atom stereocenters. The zero-order valence-corrected chi connectivity index (χ0v) is 21.0. The fraction of sp³-hybridized carbons (Fsp3) is 0.571. The molecule has 3 atom stereocenters. The summed E-state index contributed by atoms with van der Waals surface area (Å²) < 4.78 is 70.9. The van der Waals surface area contributed by atoms with Gasteiger partial charge in [-0.1, -0.05) is 11.3 Å². The number of nitrogens with zero attached hydrogens (tertiary/aromatic N) is 5. The summed E-state index contributed by atoms with van der Waals surface area (Å²) in [4.78, 5) is 6.43. The Bertz CT molecular complexity index is 1360. The number of alkyl halides is 3. The molecule has 2 fully saturated rings. The van der Waals surface area contributed by atoms with Gasteiger partial charge in [-0.2, -0.15) is 0 Å². The number of piperazine rings is 1. The summed E-state index contributed by atoms with van der Waals surface area (Å²) >= 11 is 0.722. The van der Waals surface area contributed by atoms with Crippen molar-refractivity contribution in [2.45, 2.75) is 68.6 Å². The Morgan fingerprint density at radius 3 is 2.69 bits per heavy atom. The number of nitrogens with one attached hydrogen (secondary N) is 2. The molecule has 2 aliphatic rings. The summed E-state index contributed by atoms with van der Waals surface area (Å²) in [6.07, 6.45) is 1.59. The number of fused-ring (bicyclic) bond motifs is 1. The largest absolute Gasteiger partial charge is 0.363 e. The van der Waals surface area contributed by atoms with E-state index in [-0.39, 0.29) is 22.0 Å². The molecule has 3 aromatic rings. The minimum absolute atomic E-state index is 0.00107. The lowest BCUT2D eigenvalue weighted by Gasteiger charge is -2.43. The molecule has 14 heteroatoms. The highest BCUT2D eigenvalue weighted by Gasteiger charge is 2.42. The van der Waals surface area contributed by atoms with Gasteiger partial charge in [0, 0.05) is 30.4 Å². The second-order valence-corrected chi connectivity index (χ2v) is 12.2. The summed E-state index contributed by atoms with van der Waals surface area (Å²) in [6.45, 7) is 5.48. The van der Waals surface area contributed by atoms with Gasteiger partial charge in [0.15, 0.2) is 15.7 Å². The molecule has 2 N–H and O–H groups in total. The third-order valence-corrected chi connectivity index (χ3v) is 9.28. The van der Waals surface area contributed by atoms with Crippen molar-refractivity contribution in [3.63, 3.8) is 0 Å². The van der Waals surface area contributed by atoms with E-state index in [4.69, 9.17) is 0 Å². The maximum atomic E-state index is 13.6. The SMILES string of the molecule is C[C@@H]1N[C@@H](CF)CN(c2cc(S(=O)(=O)NC3(C)CC3)cn3c(-c4nnc(C(F)F)s4)cnc23)[C@@H]1C. The number of sulfonamides is 1. The van der Waals surface area contributed by atoms with E-state index in [1.165, 1.54) is 12.4 Å². The first-order chi connectivity index (χ1) is 16.5. The van der Waals surface area contributed by atoms with E-state index in [0.717, 1.165) is 24.2 Å². The number of rotatable bonds is 7. The van der Waals surface area contributed by atoms with E-state index in [9.17, 15) is 21.6 Å². The van der Waals surface area contributed by atoms with Gasteiger partial charge >= 0.3 is 0 Å². The number of pyridine rings is 1. The second kappa shape index (κ2) is 8.68. The average molecular weight is 530 g/mol. The molecule has 0 radical (unpaired) electrons. The molecule has 190 valence electrons. The Morgan fingerprint density at radius 1 is 1.31 bits per heavy atom. The third kappa shape index (κ3) is 4.52. The van der Waals surface area contributed by atoms with Gasteiger partial charge in [-0.05, 0) is 39.7 Å². The Balaban J connectivity index is 1.68. The molecule has 0 bridgehead atoms. The number of hydrogen-bond donors (Lipinski definition) is 2. The summed E-state index contributed by atoms with van der Waals surface area (Å²) in [5.74, 6) is 0. The smallest absolute Gasteiger partial charge is 0.291 e. The minimum Gasteiger partial charge on any atom is -0.363 e. The zero-order valence-electron chi connectivity index (χ0n) is 19.4. The molecule has 35 heavy (non-hydrogen) atoms. The first-order valence-electron chi connectivity index (χ1n) is 11.3. The van der Waals surface area contributed by atoms with Gasteiger partial charge in [-0.25, -0.2) is 31.3 Å². The fourth-order valence-corrected chi connectivity index (χ4v) is 6.50. The summed E-state index contributed by atoms with van der Waals surface area (Å²) in [5, 5.41) is 10.4. The van der Waals surface area contributed by atoms with Crippen LogP contribution >= 0.6 is 11.3 Å². The fourth-order valence-electron chi connectivity index (χ4n) is 4.31. The summed E-state index contributed by atoms with van der Waals surface area (Å²) in [7, 11) is -3.91. The first-order valence-corrected chi connectivity index (χ1v) is 13.6. The normalized spacial score (nSPS) is 24.4. The van der Waals surface area contributed by atoms with Crippen molar-refractivity contribution in [2.24, 2.45) is 0 Å². The van der Waals surface area contributed by atoms with Crippen LogP contribution < -0.4 is 14.9 Å². The standard InChI is InChI=1S/C21H26F3N7O2S2/c1-11-12(2)30(9-13(7-22)26-11)15-6-14(35(32,33)29-21(3)4-5-21)10-31-16(8-25-18(15)31)19-27-28-20(34-19)17(23)24/h6,8,10-13,17,26,29H,4-5,7,9H2,1-3H3/t11-,12+,13-/m0/s1. The van der Waals surface area contributed by atoms with Gasteiger partial charge in [0.25, 0.3) is 6.43 Å². The third-order valence-electron chi connectivity index (χ3n) is 6.73. The minimum atomic E-state index is -3.91. The van der Waals surface area contributed by atoms with Gasteiger partial charge in [-0.3, -0.25) is 4.40 Å². The van der Waals surface area contributed by atoms with Gasteiger partial charge in [-0.15, -0.1) is 10.2 Å². The Morgan fingerprint density at radius 2 is 2.06 bits per heavy atom. The van der Waals surface area contributed by atoms with E-state index >= 15 is 0 Å². The van der Waals surface area contributed by atoms with Crippen LogP contribution in [0, 0.1) is 0 Å². The van der Waals surface area contributed by atoms with Gasteiger partial charge in [0.2, 0.25) is 10.0 Å². The van der Waals surface area contributed by atoms with Crippen LogP contribution in [-0.2, 0) is 10.0 Å². The predicted octanol–water partition coefficient (Wildman–Crippen LogP) is 3.15. The number of aromatic nitrogens is 4. The average Bonchev–Trinajstić information content (AvgIpc) is 3.19. The number of anilines is 1. The number of halogens is 3. The van der Waals surface area contributed by atoms with E-state index in [2.05, 4.69) is 25.2 Å². The van der Waals surface area contributed by atoms with Crippen molar-refractivity contribution < 1.29 is 21.6 Å². The lowest BCUT2D eigenvalue weighted by atomic mass is 10.0. The van der Waals surface area contributed by atoms with Crippen LogP contribution in [0.25, 0.3) is 16.3 Å². The zero-order chi connectivity index (χ0) is 25.1. The first kappa shape index (κ1) is 24.4. The van der Waals surface area contributed by atoms with Crippen LogP contribution in [0.5, 0.6) is 0 Å². The Labute approximate surface area is 204 Å². The maximum Gasteiger partial charge on any atom is 0.291 e. The molecule has 3 aromatic heterocycles. The lowest BCUT2D eigenvalue weighted by molar-refractivity contribution is 0.150. The Kier molecular flexibility index (Phi) is 6.05. The summed E-state index contributed by atoms with van der Waals surface area (Å²) in [5.41, 5.74) is 0.785. The van der Waals surface area contributed by atoms with E-state index in [1.807, 2.05) is 25.7 Å². The van der Waals surface area contributed by atoms with Crippen molar-refractivity contribution in [2.75, 3.05) is 18.1 Å². The molecule has 0 aromatic carbocycles. The van der Waals surface area contributed by atoms with Crippen LogP contribution in [0.1, 0.15) is 45.0 Å². The molecular formula is C21H26F3N7O2S2. The van der Waals surface area contributed by atoms with E-state index in [0.29, 0.717) is 23.6 Å². The maximum absolute atomic E-state index is 13.6. The highest BCUT2D eigenvalue weighted by atomic mass is 32.2. The van der Waals surface area contributed by atoms with E-state index < -0.39 is 39.7 Å². The number of imidazole rings is 1. The van der Waals surface area contributed by atoms with Crippen LogP contribution in [-0.4, -0.2) is 64.9 Å². The highest BCUT2D eigenvalue weighted by molar-refractivity contribution is 7.89. The van der Waals surface area contributed by atoms with Crippen molar-refractivity contribution in [3.05, 3.63) is 23.5 Å². The molecule has 1 saturated heterocycles. The second-order valence-electron chi connectivity index (χ2n) is 9.51. The predicted molar refractivity (Wildman–Crippen MR) is 126 cm³/mol. The van der Waals surface area contributed by atoms with Gasteiger partial charge in [0.1, 0.15) is 17.3 Å².